The molecule has 0 bridgehead atoms. The molecule has 0 fully saturated rings. The van der Waals surface area contributed by atoms with Crippen LogP contribution in [0, 0.1) is 0 Å². The topological polar surface area (TPSA) is 56.5 Å². The number of benzene rings is 2. The molecule has 4 heteroatoms. The molecule has 0 spiro atoms. The first-order valence-corrected chi connectivity index (χ1v) is 6.83. The first-order valence-electron chi connectivity index (χ1n) is 6.83. The molecule has 3 aromatic rings. The maximum atomic E-state index is 12.2. The van der Waals surface area contributed by atoms with Crippen molar-refractivity contribution in [1.82, 2.24) is 0 Å². The Bertz CT molecular complexity index is 908. The maximum Gasteiger partial charge on any atom is 0.347 e. The molecule has 0 N–H and O–H groups in total. The fourth-order valence-electron chi connectivity index (χ4n) is 2.53. The van der Waals surface area contributed by atoms with Crippen LogP contribution in [-0.4, -0.2) is 12.9 Å². The lowest BCUT2D eigenvalue weighted by molar-refractivity contribution is 0.101. The number of fused-ring (bicyclic) bond motifs is 1. The van der Waals surface area contributed by atoms with Gasteiger partial charge in [-0.1, -0.05) is 30.3 Å². The molecule has 0 aliphatic heterocycles. The Hall–Kier alpha value is -2.88. The van der Waals surface area contributed by atoms with E-state index >= 15 is 0 Å². The first kappa shape index (κ1) is 14.1. The average molecular weight is 294 g/mol. The van der Waals surface area contributed by atoms with Crippen LogP contribution in [0.4, 0.5) is 0 Å². The minimum Gasteiger partial charge on any atom is -0.497 e. The number of hydrogen-bond donors (Lipinski definition) is 0. The van der Waals surface area contributed by atoms with Crippen LogP contribution >= 0.6 is 0 Å². The zero-order valence-corrected chi connectivity index (χ0v) is 12.3. The number of Topliss-reactive ketones (excluding diaryl/α,β-unsaturated/α-hetero) is 1. The van der Waals surface area contributed by atoms with Crippen molar-refractivity contribution in [3.05, 3.63) is 64.5 Å². The standard InChI is InChI=1S/C18H14O4/c1-11(19)16-17(12-6-4-3-5-7-12)14-9-8-13(21-2)10-15(14)22-18(16)20/h3-10H,1-2H3. The van der Waals surface area contributed by atoms with Gasteiger partial charge in [-0.2, -0.15) is 0 Å². The minimum atomic E-state index is -0.632. The van der Waals surface area contributed by atoms with Gasteiger partial charge in [0, 0.05) is 17.0 Å². The van der Waals surface area contributed by atoms with E-state index in [1.165, 1.54) is 6.92 Å². The number of ether oxygens (including phenoxy) is 1. The summed E-state index contributed by atoms with van der Waals surface area (Å²) >= 11 is 0. The highest BCUT2D eigenvalue weighted by molar-refractivity contribution is 6.08. The van der Waals surface area contributed by atoms with E-state index in [2.05, 4.69) is 0 Å². The van der Waals surface area contributed by atoms with E-state index in [4.69, 9.17) is 9.15 Å². The van der Waals surface area contributed by atoms with Gasteiger partial charge >= 0.3 is 5.63 Å². The molecule has 1 heterocycles. The Balaban J connectivity index is 2.47. The largest absolute Gasteiger partial charge is 0.497 e. The van der Waals surface area contributed by atoms with E-state index in [0.29, 0.717) is 22.3 Å². The molecule has 22 heavy (non-hydrogen) atoms. The van der Waals surface area contributed by atoms with E-state index in [1.54, 1.807) is 25.3 Å². The highest BCUT2D eigenvalue weighted by Crippen LogP contribution is 2.32. The van der Waals surface area contributed by atoms with Crippen LogP contribution in [-0.2, 0) is 0 Å². The summed E-state index contributed by atoms with van der Waals surface area (Å²) in [6.45, 7) is 1.37. The summed E-state index contributed by atoms with van der Waals surface area (Å²) in [4.78, 5) is 24.2. The van der Waals surface area contributed by atoms with Gasteiger partial charge in [0.15, 0.2) is 5.78 Å². The van der Waals surface area contributed by atoms with Crippen LogP contribution in [0.25, 0.3) is 22.1 Å². The predicted octanol–water partition coefficient (Wildman–Crippen LogP) is 3.67. The van der Waals surface area contributed by atoms with Crippen molar-refractivity contribution in [2.45, 2.75) is 6.92 Å². The molecule has 0 radical (unpaired) electrons. The molecule has 0 atom stereocenters. The van der Waals surface area contributed by atoms with E-state index in [0.717, 1.165) is 5.56 Å². The third-order valence-electron chi connectivity index (χ3n) is 3.53. The SMILES string of the molecule is COc1ccc2c(-c3ccccc3)c(C(C)=O)c(=O)oc2c1. The summed E-state index contributed by atoms with van der Waals surface area (Å²) in [7, 11) is 1.54. The Labute approximate surface area is 127 Å². The smallest absolute Gasteiger partial charge is 0.347 e. The van der Waals surface area contributed by atoms with Crippen LogP contribution in [0.2, 0.25) is 0 Å². The molecular weight excluding hydrogens is 280 g/mol. The summed E-state index contributed by atoms with van der Waals surface area (Å²) in [6, 6.07) is 14.6. The maximum absolute atomic E-state index is 12.2. The second-order valence-corrected chi connectivity index (χ2v) is 4.92. The second kappa shape index (κ2) is 5.48. The molecule has 4 nitrogen and oxygen atoms in total. The molecule has 0 unspecified atom stereocenters. The zero-order chi connectivity index (χ0) is 15.7. The number of ketones is 1. The van der Waals surface area contributed by atoms with Crippen LogP contribution in [0.5, 0.6) is 5.75 Å². The normalized spacial score (nSPS) is 10.6. The van der Waals surface area contributed by atoms with Crippen LogP contribution in [0.3, 0.4) is 0 Å². The molecule has 110 valence electrons. The highest BCUT2D eigenvalue weighted by atomic mass is 16.5. The van der Waals surface area contributed by atoms with Crippen molar-refractivity contribution in [3.63, 3.8) is 0 Å². The molecule has 0 amide bonds. The monoisotopic (exact) mass is 294 g/mol. The Kier molecular flexibility index (Phi) is 3.51. The highest BCUT2D eigenvalue weighted by Gasteiger charge is 2.19. The quantitative estimate of drug-likeness (QED) is 0.546. The van der Waals surface area contributed by atoms with E-state index < -0.39 is 5.63 Å². The third-order valence-corrected chi connectivity index (χ3v) is 3.53. The summed E-state index contributed by atoms with van der Waals surface area (Å²) in [5.74, 6) is 0.274. The Morgan fingerprint density at radius 3 is 2.45 bits per heavy atom. The molecule has 3 rings (SSSR count). The van der Waals surface area contributed by atoms with Gasteiger partial charge < -0.3 is 9.15 Å². The summed E-state index contributed by atoms with van der Waals surface area (Å²) in [5, 5.41) is 0.705. The van der Waals surface area contributed by atoms with Gasteiger partial charge in [0.25, 0.3) is 0 Å². The van der Waals surface area contributed by atoms with Gasteiger partial charge in [0.2, 0.25) is 0 Å². The van der Waals surface area contributed by atoms with Crippen molar-refractivity contribution >= 4 is 16.8 Å². The summed E-state index contributed by atoms with van der Waals surface area (Å²) < 4.78 is 10.5. The Morgan fingerprint density at radius 2 is 1.82 bits per heavy atom. The van der Waals surface area contributed by atoms with E-state index in [1.807, 2.05) is 30.3 Å². The fourth-order valence-corrected chi connectivity index (χ4v) is 2.53. The second-order valence-electron chi connectivity index (χ2n) is 4.92. The summed E-state index contributed by atoms with van der Waals surface area (Å²) in [6.07, 6.45) is 0. The average Bonchev–Trinajstić information content (AvgIpc) is 2.53. The number of hydrogen-bond acceptors (Lipinski definition) is 4. The number of rotatable bonds is 3. The zero-order valence-electron chi connectivity index (χ0n) is 12.3. The number of methoxy groups -OCH3 is 1. The van der Waals surface area contributed by atoms with Gasteiger partial charge in [0.1, 0.15) is 16.9 Å². The lowest BCUT2D eigenvalue weighted by Gasteiger charge is -2.10. The molecular formula is C18H14O4. The van der Waals surface area contributed by atoms with Crippen LogP contribution < -0.4 is 10.4 Å². The number of carbonyl (C=O) groups is 1. The van der Waals surface area contributed by atoms with Crippen molar-refractivity contribution in [2.75, 3.05) is 7.11 Å². The fraction of sp³-hybridized carbons (Fsp3) is 0.111. The van der Waals surface area contributed by atoms with Gasteiger partial charge in [-0.15, -0.1) is 0 Å². The third kappa shape index (κ3) is 2.29. The van der Waals surface area contributed by atoms with E-state index in [9.17, 15) is 9.59 Å². The van der Waals surface area contributed by atoms with Crippen molar-refractivity contribution in [3.8, 4) is 16.9 Å². The lowest BCUT2D eigenvalue weighted by Crippen LogP contribution is -2.14. The summed E-state index contributed by atoms with van der Waals surface area (Å²) in [5.41, 5.74) is 1.24. The molecule has 0 aliphatic carbocycles. The van der Waals surface area contributed by atoms with Crippen LogP contribution in [0.15, 0.2) is 57.7 Å². The van der Waals surface area contributed by atoms with Gasteiger partial charge in [-0.25, -0.2) is 4.79 Å². The number of carbonyl (C=O) groups excluding carboxylic acids is 1. The molecule has 0 saturated heterocycles. The van der Waals surface area contributed by atoms with Crippen molar-refractivity contribution in [1.29, 1.82) is 0 Å². The van der Waals surface area contributed by atoms with Crippen molar-refractivity contribution < 1.29 is 13.9 Å². The predicted molar refractivity (Wildman–Crippen MR) is 84.5 cm³/mol. The van der Waals surface area contributed by atoms with Crippen LogP contribution in [0.1, 0.15) is 17.3 Å². The lowest BCUT2D eigenvalue weighted by atomic mass is 9.95. The van der Waals surface area contributed by atoms with Gasteiger partial charge in [-0.3, -0.25) is 4.79 Å². The molecule has 0 saturated carbocycles. The molecule has 0 aliphatic rings. The van der Waals surface area contributed by atoms with Gasteiger partial charge in [-0.05, 0) is 24.6 Å². The van der Waals surface area contributed by atoms with E-state index in [-0.39, 0.29) is 11.3 Å². The Morgan fingerprint density at radius 1 is 1.09 bits per heavy atom. The van der Waals surface area contributed by atoms with Crippen molar-refractivity contribution in [2.24, 2.45) is 0 Å². The molecule has 1 aromatic heterocycles. The molecule has 2 aromatic carbocycles. The first-order chi connectivity index (χ1) is 10.6. The minimum absolute atomic E-state index is 0.0730. The van der Waals surface area contributed by atoms with Gasteiger partial charge in [0.05, 0.1) is 7.11 Å².